The fourth-order valence-corrected chi connectivity index (χ4v) is 8.83. The molecule has 0 saturated heterocycles. The van der Waals surface area contributed by atoms with Crippen LogP contribution in [-0.2, 0) is 17.8 Å². The van der Waals surface area contributed by atoms with Crippen LogP contribution in [0, 0.1) is 0 Å². The van der Waals surface area contributed by atoms with Crippen LogP contribution in [0.1, 0.15) is 19.8 Å². The van der Waals surface area contributed by atoms with Crippen LogP contribution in [0.25, 0.3) is 0 Å². The molecule has 0 spiro atoms. The van der Waals surface area contributed by atoms with E-state index in [1.807, 2.05) is 0 Å². The van der Waals surface area contributed by atoms with E-state index in [1.54, 1.807) is 6.92 Å². The molecule has 0 unspecified atom stereocenters. The molecule has 0 bridgehead atoms. The zero-order valence-electron chi connectivity index (χ0n) is 14.7. The predicted octanol–water partition coefficient (Wildman–Crippen LogP) is 4.08. The summed E-state index contributed by atoms with van der Waals surface area (Å²) in [6, 6.07) is 0.948. The summed E-state index contributed by atoms with van der Waals surface area (Å²) in [5.41, 5.74) is 0.448. The highest BCUT2D eigenvalue weighted by molar-refractivity contribution is 6.81. The first-order valence-corrected chi connectivity index (χ1v) is 15.8. The summed E-state index contributed by atoms with van der Waals surface area (Å²) in [4.78, 5) is 11.3. The largest absolute Gasteiger partial charge is 0.462 e. The van der Waals surface area contributed by atoms with Gasteiger partial charge in [0.2, 0.25) is 0 Å². The van der Waals surface area contributed by atoms with Crippen LogP contribution in [0.5, 0.6) is 0 Å². The van der Waals surface area contributed by atoms with Crippen molar-refractivity contribution in [3.05, 3.63) is 12.2 Å². The van der Waals surface area contributed by atoms with Crippen molar-refractivity contribution in [1.82, 2.24) is 0 Å². The number of ether oxygens (including phenoxy) is 1. The van der Waals surface area contributed by atoms with Crippen molar-refractivity contribution in [2.45, 2.75) is 65.1 Å². The SMILES string of the molecule is C=C(C)C(=O)OCCCC[Si](O[Si](C)(C)C)O[Si](C)(C)C. The van der Waals surface area contributed by atoms with Crippen molar-refractivity contribution in [3.8, 4) is 0 Å². The minimum atomic E-state index is -1.58. The first-order valence-electron chi connectivity index (χ1n) is 7.47. The monoisotopic (exact) mass is 347 g/mol. The Balaban J connectivity index is 4.13. The van der Waals surface area contributed by atoms with Crippen molar-refractivity contribution < 1.29 is 17.8 Å². The van der Waals surface area contributed by atoms with E-state index >= 15 is 0 Å². The summed E-state index contributed by atoms with van der Waals surface area (Å²) >= 11 is 0. The lowest BCUT2D eigenvalue weighted by atomic mass is 10.3. The predicted molar refractivity (Wildman–Crippen MR) is 94.4 cm³/mol. The highest BCUT2D eigenvalue weighted by atomic mass is 28.4. The van der Waals surface area contributed by atoms with Crippen molar-refractivity contribution in [2.24, 2.45) is 0 Å². The zero-order chi connectivity index (χ0) is 16.7. The molecule has 0 fully saturated rings. The molecule has 123 valence electrons. The standard InChI is InChI=1S/C14H31O4Si3/c1-13(2)14(15)16-11-9-10-12-19(17-20(3,4)5)18-21(6,7)8/h1,9-12H2,2-8H3. The second-order valence-corrected chi connectivity index (χ2v) is 18.5. The number of carbonyl (C=O) groups excluding carboxylic acids is 1. The first kappa shape index (κ1) is 20.8. The topological polar surface area (TPSA) is 44.8 Å². The van der Waals surface area contributed by atoms with Gasteiger partial charge < -0.3 is 13.0 Å². The minimum absolute atomic E-state index is 0.308. The Hall–Kier alpha value is -0.219. The van der Waals surface area contributed by atoms with Gasteiger partial charge >= 0.3 is 15.3 Å². The molecule has 0 amide bonds. The van der Waals surface area contributed by atoms with E-state index in [9.17, 15) is 4.79 Å². The molecule has 0 aromatic rings. The molecule has 0 N–H and O–H groups in total. The van der Waals surface area contributed by atoms with Crippen LogP contribution >= 0.6 is 0 Å². The van der Waals surface area contributed by atoms with E-state index in [2.05, 4.69) is 45.9 Å². The van der Waals surface area contributed by atoms with Gasteiger partial charge in [0.15, 0.2) is 16.6 Å². The molecule has 0 saturated carbocycles. The van der Waals surface area contributed by atoms with Gasteiger partial charge in [-0.25, -0.2) is 4.79 Å². The molecule has 21 heavy (non-hydrogen) atoms. The Morgan fingerprint density at radius 2 is 1.48 bits per heavy atom. The molecule has 0 aliphatic rings. The van der Waals surface area contributed by atoms with E-state index in [-0.39, 0.29) is 5.97 Å². The molecule has 0 aromatic carbocycles. The van der Waals surface area contributed by atoms with Gasteiger partial charge in [-0.1, -0.05) is 6.58 Å². The summed E-state index contributed by atoms with van der Waals surface area (Å²) in [5.74, 6) is -0.308. The van der Waals surface area contributed by atoms with Crippen LogP contribution in [0.2, 0.25) is 45.3 Å². The highest BCUT2D eigenvalue weighted by Crippen LogP contribution is 2.16. The van der Waals surface area contributed by atoms with Crippen LogP contribution < -0.4 is 0 Å². The quantitative estimate of drug-likeness (QED) is 0.258. The fraction of sp³-hybridized carbons (Fsp3) is 0.786. The van der Waals surface area contributed by atoms with Gasteiger partial charge in [0, 0.05) is 5.57 Å². The Kier molecular flexibility index (Phi) is 8.95. The zero-order valence-corrected chi connectivity index (χ0v) is 17.7. The summed E-state index contributed by atoms with van der Waals surface area (Å²) in [7, 11) is -4.36. The molecular weight excluding hydrogens is 316 g/mol. The van der Waals surface area contributed by atoms with Crippen molar-refractivity contribution in [1.29, 1.82) is 0 Å². The van der Waals surface area contributed by atoms with Crippen molar-refractivity contribution in [3.63, 3.8) is 0 Å². The number of hydrogen-bond donors (Lipinski definition) is 0. The van der Waals surface area contributed by atoms with E-state index < -0.39 is 25.9 Å². The molecule has 0 aliphatic heterocycles. The third kappa shape index (κ3) is 13.2. The summed E-state index contributed by atoms with van der Waals surface area (Å²) in [5, 5.41) is 0. The van der Waals surface area contributed by atoms with E-state index in [0.717, 1.165) is 18.9 Å². The number of hydrogen-bond acceptors (Lipinski definition) is 4. The molecule has 4 nitrogen and oxygen atoms in total. The van der Waals surface area contributed by atoms with Gasteiger partial charge in [-0.05, 0) is 65.1 Å². The fourth-order valence-electron chi connectivity index (χ4n) is 1.47. The summed E-state index contributed by atoms with van der Waals surface area (Å²) in [6.07, 6.45) is 1.81. The van der Waals surface area contributed by atoms with Gasteiger partial charge in [-0.15, -0.1) is 0 Å². The second-order valence-electron chi connectivity index (χ2n) is 7.17. The third-order valence-electron chi connectivity index (χ3n) is 2.20. The molecule has 7 heteroatoms. The Labute approximate surface area is 134 Å². The van der Waals surface area contributed by atoms with Gasteiger partial charge in [0.1, 0.15) is 0 Å². The van der Waals surface area contributed by atoms with Crippen molar-refractivity contribution in [2.75, 3.05) is 6.61 Å². The number of rotatable bonds is 10. The summed E-state index contributed by atoms with van der Waals surface area (Å²) in [6.45, 7) is 18.8. The van der Waals surface area contributed by atoms with E-state index in [1.165, 1.54) is 0 Å². The third-order valence-corrected chi connectivity index (χ3v) is 9.68. The molecule has 0 atom stereocenters. The molecule has 0 aliphatic carbocycles. The minimum Gasteiger partial charge on any atom is -0.462 e. The maximum atomic E-state index is 11.3. The second kappa shape index (κ2) is 9.04. The Bertz CT molecular complexity index is 329. The maximum Gasteiger partial charge on any atom is 0.362 e. The lowest BCUT2D eigenvalue weighted by molar-refractivity contribution is -0.139. The smallest absolute Gasteiger partial charge is 0.362 e. The highest BCUT2D eigenvalue weighted by Gasteiger charge is 2.29. The molecule has 0 heterocycles. The van der Waals surface area contributed by atoms with Crippen LogP contribution in [-0.4, -0.2) is 38.5 Å². The Morgan fingerprint density at radius 3 is 1.86 bits per heavy atom. The first-order chi connectivity index (χ1) is 9.41. The van der Waals surface area contributed by atoms with Crippen molar-refractivity contribution >= 4 is 31.9 Å². The van der Waals surface area contributed by atoms with Crippen LogP contribution in [0.4, 0.5) is 0 Å². The average Bonchev–Trinajstić information content (AvgIpc) is 2.23. The molecule has 1 radical (unpaired) electrons. The van der Waals surface area contributed by atoms with E-state index in [0.29, 0.717) is 12.2 Å². The van der Waals surface area contributed by atoms with Crippen LogP contribution in [0.15, 0.2) is 12.2 Å². The normalized spacial score (nSPS) is 12.6. The van der Waals surface area contributed by atoms with Crippen LogP contribution in [0.3, 0.4) is 0 Å². The molecule has 0 aromatic heterocycles. The van der Waals surface area contributed by atoms with E-state index in [4.69, 9.17) is 13.0 Å². The van der Waals surface area contributed by atoms with Gasteiger partial charge in [0.05, 0.1) is 6.61 Å². The number of carbonyl (C=O) groups is 1. The van der Waals surface area contributed by atoms with Gasteiger partial charge in [-0.2, -0.15) is 0 Å². The molecular formula is C14H31O4Si3. The lowest BCUT2D eigenvalue weighted by Crippen LogP contribution is -2.43. The summed E-state index contributed by atoms with van der Waals surface area (Å²) < 4.78 is 17.5. The lowest BCUT2D eigenvalue weighted by Gasteiger charge is -2.29. The number of esters is 1. The maximum absolute atomic E-state index is 11.3. The number of unbranched alkanes of at least 4 members (excludes halogenated alkanes) is 1. The molecule has 0 rings (SSSR count). The van der Waals surface area contributed by atoms with Gasteiger partial charge in [-0.3, -0.25) is 0 Å². The Morgan fingerprint density at radius 1 is 1.00 bits per heavy atom. The van der Waals surface area contributed by atoms with Gasteiger partial charge in [0.25, 0.3) is 0 Å². The average molecular weight is 348 g/mol.